The number of halogens is 1. The Hall–Kier alpha value is -0.110. The Morgan fingerprint density at radius 2 is 2.33 bits per heavy atom. The predicted octanol–water partition coefficient (Wildman–Crippen LogP) is 0.890. The van der Waals surface area contributed by atoms with E-state index in [1.54, 1.807) is 0 Å². The molecule has 0 bridgehead atoms. The lowest BCUT2D eigenvalue weighted by Crippen LogP contribution is -1.85. The molecule has 0 saturated carbocycles. The van der Waals surface area contributed by atoms with Crippen molar-refractivity contribution in [2.45, 2.75) is 13.3 Å². The lowest BCUT2D eigenvalue weighted by molar-refractivity contribution is 0.271. The second-order valence-corrected chi connectivity index (χ2v) is 1.15. The molecule has 0 atom stereocenters. The SMILES string of the molecule is C[C](F)CCO. The molecule has 1 radical (unpaired) electrons. The molecule has 0 rings (SSSR count). The molecule has 0 aliphatic heterocycles. The Morgan fingerprint density at radius 1 is 1.83 bits per heavy atom. The molecule has 1 N–H and O–H groups in total. The zero-order valence-electron chi connectivity index (χ0n) is 3.74. The number of hydrogen-bond acceptors (Lipinski definition) is 1. The topological polar surface area (TPSA) is 20.2 Å². The van der Waals surface area contributed by atoms with E-state index in [0.29, 0.717) is 0 Å². The van der Waals surface area contributed by atoms with Gasteiger partial charge in [0, 0.05) is 13.0 Å². The fourth-order valence-electron chi connectivity index (χ4n) is 0.154. The summed E-state index contributed by atoms with van der Waals surface area (Å²) in [6.45, 7) is 1.26. The molecule has 0 amide bonds. The molecule has 0 aliphatic rings. The molecule has 6 heavy (non-hydrogen) atoms. The van der Waals surface area contributed by atoms with Gasteiger partial charge in [-0.2, -0.15) is 0 Å². The minimum atomic E-state index is -0.211. The first-order valence-corrected chi connectivity index (χ1v) is 1.86. The molecular weight excluding hydrogens is 83.0 g/mol. The van der Waals surface area contributed by atoms with E-state index in [4.69, 9.17) is 5.11 Å². The molecule has 0 aliphatic carbocycles. The van der Waals surface area contributed by atoms with E-state index in [2.05, 4.69) is 0 Å². The van der Waals surface area contributed by atoms with Gasteiger partial charge in [-0.15, -0.1) is 0 Å². The summed E-state index contributed by atoms with van der Waals surface area (Å²) in [4.78, 5) is 0. The van der Waals surface area contributed by atoms with E-state index in [9.17, 15) is 4.39 Å². The van der Waals surface area contributed by atoms with Crippen LogP contribution in [0.2, 0.25) is 0 Å². The van der Waals surface area contributed by atoms with E-state index in [0.717, 1.165) is 0 Å². The van der Waals surface area contributed by atoms with Gasteiger partial charge >= 0.3 is 0 Å². The number of aliphatic hydroxyl groups is 1. The first-order chi connectivity index (χ1) is 2.77. The van der Waals surface area contributed by atoms with E-state index in [1.165, 1.54) is 6.92 Å². The highest BCUT2D eigenvalue weighted by atomic mass is 19.1. The summed E-state index contributed by atoms with van der Waals surface area (Å²) in [5, 5.41) is 7.98. The smallest absolute Gasteiger partial charge is 0.144 e. The van der Waals surface area contributed by atoms with Gasteiger partial charge in [-0.1, -0.05) is 0 Å². The zero-order valence-corrected chi connectivity index (χ0v) is 3.74. The maximum Gasteiger partial charge on any atom is 0.144 e. The fraction of sp³-hybridized carbons (Fsp3) is 0.750. The summed E-state index contributed by atoms with van der Waals surface area (Å²) in [5.41, 5.74) is 0. The standard InChI is InChI=1S/C4H8FO/c1-4(5)2-3-6/h6H,2-3H2,1H3. The van der Waals surface area contributed by atoms with E-state index >= 15 is 0 Å². The molecule has 0 aromatic rings. The van der Waals surface area contributed by atoms with Crippen LogP contribution in [0, 0.1) is 6.17 Å². The molecule has 0 fully saturated rings. The van der Waals surface area contributed by atoms with Gasteiger partial charge in [0.1, 0.15) is 6.17 Å². The van der Waals surface area contributed by atoms with Gasteiger partial charge in [0.15, 0.2) is 0 Å². The molecule has 0 unspecified atom stereocenters. The average Bonchev–Trinajstić information content (AvgIpc) is 1.35. The van der Waals surface area contributed by atoms with Crippen molar-refractivity contribution in [1.82, 2.24) is 0 Å². The molecule has 2 heteroatoms. The lowest BCUT2D eigenvalue weighted by Gasteiger charge is -1.89. The summed E-state index contributed by atoms with van der Waals surface area (Å²) in [7, 11) is 0. The highest BCUT2D eigenvalue weighted by Gasteiger charge is 1.93. The van der Waals surface area contributed by atoms with E-state index in [-0.39, 0.29) is 19.2 Å². The van der Waals surface area contributed by atoms with Crippen molar-refractivity contribution in [3.63, 3.8) is 0 Å². The van der Waals surface area contributed by atoms with Crippen molar-refractivity contribution in [3.8, 4) is 0 Å². The Labute approximate surface area is 36.8 Å². The van der Waals surface area contributed by atoms with Crippen molar-refractivity contribution < 1.29 is 9.50 Å². The second kappa shape index (κ2) is 3.09. The van der Waals surface area contributed by atoms with Crippen LogP contribution in [0.3, 0.4) is 0 Å². The van der Waals surface area contributed by atoms with Gasteiger partial charge in [-0.05, 0) is 6.92 Å². The highest BCUT2D eigenvalue weighted by molar-refractivity contribution is 4.65. The largest absolute Gasteiger partial charge is 0.396 e. The Morgan fingerprint density at radius 3 is 2.33 bits per heavy atom. The summed E-state index contributed by atoms with van der Waals surface area (Å²) >= 11 is 0. The van der Waals surface area contributed by atoms with Crippen LogP contribution in [-0.4, -0.2) is 11.7 Å². The van der Waals surface area contributed by atoms with Crippen molar-refractivity contribution in [1.29, 1.82) is 0 Å². The van der Waals surface area contributed by atoms with Crippen molar-refractivity contribution in [3.05, 3.63) is 6.17 Å². The molecule has 0 aromatic heterocycles. The average molecular weight is 91.1 g/mol. The minimum Gasteiger partial charge on any atom is -0.396 e. The quantitative estimate of drug-likeness (QED) is 0.535. The third-order valence-corrected chi connectivity index (χ3v) is 0.456. The monoisotopic (exact) mass is 91.1 g/mol. The first kappa shape index (κ1) is 5.89. The van der Waals surface area contributed by atoms with Gasteiger partial charge in [0.2, 0.25) is 0 Å². The molecular formula is C4H8FO. The highest BCUT2D eigenvalue weighted by Crippen LogP contribution is 2.01. The van der Waals surface area contributed by atoms with E-state index in [1.807, 2.05) is 0 Å². The summed E-state index contributed by atoms with van der Waals surface area (Å²) in [6.07, 6.45) is -0.0301. The number of rotatable bonds is 2. The lowest BCUT2D eigenvalue weighted by atomic mass is 10.3. The van der Waals surface area contributed by atoms with Gasteiger partial charge in [-0.3, -0.25) is 0 Å². The van der Waals surface area contributed by atoms with Crippen LogP contribution in [0.1, 0.15) is 13.3 Å². The van der Waals surface area contributed by atoms with Crippen molar-refractivity contribution in [2.24, 2.45) is 0 Å². The molecule has 0 heterocycles. The van der Waals surface area contributed by atoms with Crippen molar-refractivity contribution in [2.75, 3.05) is 6.61 Å². The van der Waals surface area contributed by atoms with Gasteiger partial charge in [0.25, 0.3) is 0 Å². The molecule has 37 valence electrons. The van der Waals surface area contributed by atoms with Crippen LogP contribution in [-0.2, 0) is 0 Å². The maximum atomic E-state index is 11.5. The summed E-state index contributed by atoms with van der Waals surface area (Å²) in [5.74, 6) is 0. The Kier molecular flexibility index (Phi) is 3.04. The van der Waals surface area contributed by atoms with Gasteiger partial charge in [-0.25, -0.2) is 4.39 Å². The van der Waals surface area contributed by atoms with Crippen molar-refractivity contribution >= 4 is 0 Å². The number of aliphatic hydroxyl groups excluding tert-OH is 1. The van der Waals surface area contributed by atoms with Crippen LogP contribution >= 0.6 is 0 Å². The molecule has 0 spiro atoms. The predicted molar refractivity (Wildman–Crippen MR) is 21.7 cm³/mol. The molecule has 1 nitrogen and oxygen atoms in total. The second-order valence-electron chi connectivity index (χ2n) is 1.15. The maximum absolute atomic E-state index is 11.5. The third kappa shape index (κ3) is 3.89. The summed E-state index contributed by atoms with van der Waals surface area (Å²) < 4.78 is 11.5. The van der Waals surface area contributed by atoms with Crippen LogP contribution < -0.4 is 0 Å². The normalized spacial score (nSPS) is 10.0. The van der Waals surface area contributed by atoms with Crippen LogP contribution in [0.5, 0.6) is 0 Å². The molecule has 0 saturated heterocycles. The first-order valence-electron chi connectivity index (χ1n) is 1.86. The molecule has 0 aromatic carbocycles. The Bertz CT molecular complexity index is 28.7. The summed E-state index contributed by atoms with van der Waals surface area (Å²) in [6, 6.07) is 0. The van der Waals surface area contributed by atoms with E-state index < -0.39 is 0 Å². The Balaban J connectivity index is 2.63. The van der Waals surface area contributed by atoms with Gasteiger partial charge in [0.05, 0.1) is 0 Å². The van der Waals surface area contributed by atoms with Crippen LogP contribution in [0.4, 0.5) is 4.39 Å². The fourth-order valence-corrected chi connectivity index (χ4v) is 0.154. The van der Waals surface area contributed by atoms with Crippen LogP contribution in [0.15, 0.2) is 0 Å². The van der Waals surface area contributed by atoms with Gasteiger partial charge < -0.3 is 5.11 Å². The van der Waals surface area contributed by atoms with Crippen LogP contribution in [0.25, 0.3) is 0 Å². The number of hydrogen-bond donors (Lipinski definition) is 1. The zero-order chi connectivity index (χ0) is 4.99. The minimum absolute atomic E-state index is 0.0810. The third-order valence-electron chi connectivity index (χ3n) is 0.456.